The van der Waals surface area contributed by atoms with Crippen molar-refractivity contribution < 1.29 is 27.9 Å². The minimum absolute atomic E-state index is 0.121. The Hall–Kier alpha value is -2.55. The highest BCUT2D eigenvalue weighted by Crippen LogP contribution is 2.28. The molecule has 0 fully saturated rings. The minimum atomic E-state index is -4.50. The summed E-state index contributed by atoms with van der Waals surface area (Å²) in [5.74, 6) is -1.20. The van der Waals surface area contributed by atoms with E-state index in [4.69, 9.17) is 5.11 Å². The minimum Gasteiger partial charge on any atom is -0.394 e. The van der Waals surface area contributed by atoms with E-state index < -0.39 is 29.5 Å². The molecule has 24 heavy (non-hydrogen) atoms. The number of nitrogens with zero attached hydrogens (tertiary/aromatic N) is 2. The number of rotatable bonds is 4. The molecule has 9 heteroatoms. The Morgan fingerprint density at radius 2 is 2.12 bits per heavy atom. The summed E-state index contributed by atoms with van der Waals surface area (Å²) in [6.45, 7) is 0.956. The molecule has 1 aromatic rings. The van der Waals surface area contributed by atoms with Crippen LogP contribution in [0.1, 0.15) is 18.2 Å². The number of dihydropyridines is 1. The number of halogens is 3. The Balaban J connectivity index is 2.25. The van der Waals surface area contributed by atoms with Gasteiger partial charge in [-0.15, -0.1) is 0 Å². The Morgan fingerprint density at radius 1 is 1.42 bits per heavy atom. The van der Waals surface area contributed by atoms with Crippen molar-refractivity contribution in [3.05, 3.63) is 41.2 Å². The molecule has 0 aliphatic carbocycles. The van der Waals surface area contributed by atoms with Crippen LogP contribution in [0.4, 0.5) is 13.2 Å². The van der Waals surface area contributed by atoms with Crippen molar-refractivity contribution in [1.29, 1.82) is 0 Å². The fraction of sp³-hybridized carbons (Fsp3) is 0.333. The molecule has 2 rings (SSSR count). The van der Waals surface area contributed by atoms with Gasteiger partial charge in [0, 0.05) is 12.2 Å². The number of amides is 1. The van der Waals surface area contributed by atoms with Crippen LogP contribution >= 0.6 is 0 Å². The van der Waals surface area contributed by atoms with Gasteiger partial charge in [-0.05, 0) is 25.1 Å². The summed E-state index contributed by atoms with van der Waals surface area (Å²) in [7, 11) is 0. The number of aromatic nitrogens is 1. The molecule has 1 aliphatic rings. The molecule has 0 radical (unpaired) electrons. The van der Waals surface area contributed by atoms with E-state index in [-0.39, 0.29) is 30.1 Å². The molecule has 6 nitrogen and oxygen atoms in total. The van der Waals surface area contributed by atoms with Gasteiger partial charge in [0.05, 0.1) is 29.1 Å². The van der Waals surface area contributed by atoms with Crippen molar-refractivity contribution in [2.75, 3.05) is 13.2 Å². The number of allylic oxidation sites excluding steroid dienone is 1. The topological polar surface area (TPSA) is 91.7 Å². The largest absolute Gasteiger partial charge is 0.417 e. The molecule has 0 unspecified atom stereocenters. The van der Waals surface area contributed by atoms with Crippen LogP contribution in [-0.4, -0.2) is 46.7 Å². The summed E-state index contributed by atoms with van der Waals surface area (Å²) in [5.41, 5.74) is -0.819. The maximum atomic E-state index is 12.5. The van der Waals surface area contributed by atoms with E-state index in [9.17, 15) is 22.8 Å². The van der Waals surface area contributed by atoms with Crippen molar-refractivity contribution in [3.8, 4) is 0 Å². The second-order valence-electron chi connectivity index (χ2n) is 5.17. The number of ketones is 1. The molecule has 0 aromatic carbocycles. The first kappa shape index (κ1) is 17.8. The molecule has 1 amide bonds. The van der Waals surface area contributed by atoms with Gasteiger partial charge in [0.2, 0.25) is 0 Å². The molecule has 0 spiro atoms. The molecule has 0 bridgehead atoms. The molecule has 2 heterocycles. The van der Waals surface area contributed by atoms with Gasteiger partial charge >= 0.3 is 6.18 Å². The predicted octanol–water partition coefficient (Wildman–Crippen LogP) is 0.896. The van der Waals surface area contributed by atoms with Crippen LogP contribution < -0.4 is 5.32 Å². The maximum Gasteiger partial charge on any atom is 0.417 e. The number of aliphatic hydroxyl groups excluding tert-OH is 1. The van der Waals surface area contributed by atoms with Crippen molar-refractivity contribution >= 4 is 17.4 Å². The quantitative estimate of drug-likeness (QED) is 0.796. The number of aliphatic imine (C=N–C) groups is 1. The van der Waals surface area contributed by atoms with Gasteiger partial charge in [0.15, 0.2) is 5.78 Å². The van der Waals surface area contributed by atoms with Crippen molar-refractivity contribution in [2.45, 2.75) is 19.1 Å². The standard InChI is InChI=1S/C15H14F3N3O3/c1-8(7-22)21-14(24)10-4-12(20-6-13(10)23)11-3-2-9(5-19-11)15(16,17)18/h2-5,8,22H,6-7H2,1H3,(H,21,24)/t8-/m0/s1. The van der Waals surface area contributed by atoms with Gasteiger partial charge in [-0.25, -0.2) is 0 Å². The first-order valence-electron chi connectivity index (χ1n) is 6.97. The fourth-order valence-electron chi connectivity index (χ4n) is 1.91. The van der Waals surface area contributed by atoms with E-state index in [1.54, 1.807) is 6.92 Å². The third kappa shape index (κ3) is 4.05. The van der Waals surface area contributed by atoms with E-state index in [0.29, 0.717) is 6.20 Å². The van der Waals surface area contributed by atoms with E-state index >= 15 is 0 Å². The number of carbonyl (C=O) groups excluding carboxylic acids is 2. The molecule has 1 aromatic heterocycles. The number of hydrogen-bond acceptors (Lipinski definition) is 5. The third-order valence-electron chi connectivity index (χ3n) is 3.22. The molecule has 128 valence electrons. The first-order valence-corrected chi connectivity index (χ1v) is 6.97. The highest BCUT2D eigenvalue weighted by molar-refractivity contribution is 6.27. The van der Waals surface area contributed by atoms with Crippen LogP contribution in [0.25, 0.3) is 0 Å². The molecule has 1 atom stereocenters. The fourth-order valence-corrected chi connectivity index (χ4v) is 1.91. The Kier molecular flexibility index (Phi) is 5.13. The molecular formula is C15H14F3N3O3. The number of pyridine rings is 1. The monoisotopic (exact) mass is 341 g/mol. The predicted molar refractivity (Wildman–Crippen MR) is 78.4 cm³/mol. The van der Waals surface area contributed by atoms with Crippen LogP contribution in [0, 0.1) is 0 Å². The van der Waals surface area contributed by atoms with Crippen LogP contribution in [0.5, 0.6) is 0 Å². The second kappa shape index (κ2) is 6.91. The number of nitrogens with one attached hydrogen (secondary N) is 1. The molecule has 2 N–H and O–H groups in total. The summed E-state index contributed by atoms with van der Waals surface area (Å²) >= 11 is 0. The van der Waals surface area contributed by atoms with Gasteiger partial charge in [0.25, 0.3) is 5.91 Å². The second-order valence-corrected chi connectivity index (χ2v) is 5.17. The lowest BCUT2D eigenvalue weighted by atomic mass is 10.0. The van der Waals surface area contributed by atoms with Gasteiger partial charge in [-0.1, -0.05) is 0 Å². The highest BCUT2D eigenvalue weighted by atomic mass is 19.4. The lowest BCUT2D eigenvalue weighted by molar-refractivity contribution is -0.137. The number of Topliss-reactive ketones (excluding diaryl/α,β-unsaturated/α-hetero) is 1. The summed E-state index contributed by atoms with van der Waals surface area (Å²) in [6.07, 6.45) is -2.66. The third-order valence-corrected chi connectivity index (χ3v) is 3.22. The zero-order chi connectivity index (χ0) is 17.9. The van der Waals surface area contributed by atoms with E-state index in [2.05, 4.69) is 15.3 Å². The van der Waals surface area contributed by atoms with Crippen LogP contribution in [0.2, 0.25) is 0 Å². The maximum absolute atomic E-state index is 12.5. The normalized spacial score (nSPS) is 16.3. The average Bonchev–Trinajstić information content (AvgIpc) is 2.54. The first-order chi connectivity index (χ1) is 11.2. The molecule has 0 saturated heterocycles. The summed E-state index contributed by atoms with van der Waals surface area (Å²) in [6, 6.07) is 1.43. The lowest BCUT2D eigenvalue weighted by Crippen LogP contribution is -2.39. The SMILES string of the molecule is C[C@@H](CO)NC(=O)C1=CC(c2ccc(C(F)(F)F)cn2)=NCC1=O. The zero-order valence-corrected chi connectivity index (χ0v) is 12.6. The smallest absolute Gasteiger partial charge is 0.394 e. The van der Waals surface area contributed by atoms with Crippen LogP contribution in [0.3, 0.4) is 0 Å². The van der Waals surface area contributed by atoms with Gasteiger partial charge < -0.3 is 10.4 Å². The van der Waals surface area contributed by atoms with Crippen LogP contribution in [-0.2, 0) is 15.8 Å². The van der Waals surface area contributed by atoms with E-state index in [1.165, 1.54) is 6.08 Å². The molecule has 1 aliphatic heterocycles. The highest BCUT2D eigenvalue weighted by Gasteiger charge is 2.31. The van der Waals surface area contributed by atoms with E-state index in [1.807, 2.05) is 0 Å². The summed E-state index contributed by atoms with van der Waals surface area (Å²) < 4.78 is 37.6. The van der Waals surface area contributed by atoms with Crippen molar-refractivity contribution in [1.82, 2.24) is 10.3 Å². The van der Waals surface area contributed by atoms with Gasteiger partial charge in [-0.2, -0.15) is 13.2 Å². The van der Waals surface area contributed by atoms with Crippen molar-refractivity contribution in [2.24, 2.45) is 4.99 Å². The number of alkyl halides is 3. The molecular weight excluding hydrogens is 327 g/mol. The number of aliphatic hydroxyl groups is 1. The number of hydrogen-bond donors (Lipinski definition) is 2. The van der Waals surface area contributed by atoms with Crippen molar-refractivity contribution in [3.63, 3.8) is 0 Å². The molecule has 0 saturated carbocycles. The van der Waals surface area contributed by atoms with Gasteiger partial charge in [-0.3, -0.25) is 19.6 Å². The zero-order valence-electron chi connectivity index (χ0n) is 12.6. The van der Waals surface area contributed by atoms with E-state index in [0.717, 1.165) is 12.1 Å². The summed E-state index contributed by atoms with van der Waals surface area (Å²) in [4.78, 5) is 31.4. The Morgan fingerprint density at radius 3 is 2.67 bits per heavy atom. The van der Waals surface area contributed by atoms with Gasteiger partial charge in [0.1, 0.15) is 6.54 Å². The average molecular weight is 341 g/mol. The Labute approximate surface area is 135 Å². The Bertz CT molecular complexity index is 709. The van der Waals surface area contributed by atoms with Crippen LogP contribution in [0.15, 0.2) is 35.0 Å². The summed E-state index contributed by atoms with van der Waals surface area (Å²) in [5, 5.41) is 11.4. The number of carbonyl (C=O) groups is 2. The lowest BCUT2D eigenvalue weighted by Gasteiger charge is -2.15.